The molecule has 0 saturated heterocycles. The van der Waals surface area contributed by atoms with Gasteiger partial charge in [0.25, 0.3) is 0 Å². The fourth-order valence-electron chi connectivity index (χ4n) is 1.44. The van der Waals surface area contributed by atoms with Crippen LogP contribution in [-0.2, 0) is 4.74 Å². The Morgan fingerprint density at radius 3 is 3.00 bits per heavy atom. The van der Waals surface area contributed by atoms with Crippen molar-refractivity contribution in [1.82, 2.24) is 4.98 Å². The predicted molar refractivity (Wildman–Crippen MR) is 69.5 cm³/mol. The molecule has 0 aliphatic heterocycles. The number of carbonyl (C=O) groups excluding carboxylic acids is 1. The average Bonchev–Trinajstić information content (AvgIpc) is 3.12. The van der Waals surface area contributed by atoms with Crippen LogP contribution < -0.4 is 5.32 Å². The predicted octanol–water partition coefficient (Wildman–Crippen LogP) is 3.11. The smallest absolute Gasteiger partial charge is 0.357 e. The summed E-state index contributed by atoms with van der Waals surface area (Å²) in [5, 5.41) is 3.53. The van der Waals surface area contributed by atoms with Gasteiger partial charge in [0.15, 0.2) is 5.69 Å². The van der Waals surface area contributed by atoms with E-state index in [-0.39, 0.29) is 10.8 Å². The Balaban J connectivity index is 2.23. The van der Waals surface area contributed by atoms with Gasteiger partial charge in [0.05, 0.1) is 17.3 Å². The lowest BCUT2D eigenvalue weighted by molar-refractivity contribution is 0.0593. The van der Waals surface area contributed by atoms with E-state index >= 15 is 0 Å². The Morgan fingerprint density at radius 2 is 2.41 bits per heavy atom. The molecule has 0 bridgehead atoms. The molecule has 0 radical (unpaired) electrons. The van der Waals surface area contributed by atoms with Crippen LogP contribution >= 0.6 is 27.5 Å². The highest BCUT2D eigenvalue weighted by Gasteiger charge is 2.22. The Hall–Kier alpha value is -0.810. The van der Waals surface area contributed by atoms with Gasteiger partial charge in [-0.2, -0.15) is 0 Å². The fraction of sp³-hybridized carbons (Fsp3) is 0.455. The topological polar surface area (TPSA) is 51.2 Å². The molecule has 1 aromatic heterocycles. The Morgan fingerprint density at radius 1 is 1.71 bits per heavy atom. The summed E-state index contributed by atoms with van der Waals surface area (Å²) < 4.78 is 5.24. The number of hydrogen-bond acceptors (Lipinski definition) is 4. The van der Waals surface area contributed by atoms with E-state index in [2.05, 4.69) is 31.0 Å². The summed E-state index contributed by atoms with van der Waals surface area (Å²) in [7, 11) is 1.31. The van der Waals surface area contributed by atoms with E-state index in [0.29, 0.717) is 4.47 Å². The van der Waals surface area contributed by atoms with E-state index in [1.54, 1.807) is 6.07 Å². The van der Waals surface area contributed by atoms with E-state index in [1.165, 1.54) is 20.0 Å². The molecule has 2 rings (SSSR count). The summed E-state index contributed by atoms with van der Waals surface area (Å²) in [6.07, 6.45) is 2.51. The molecule has 1 saturated carbocycles. The van der Waals surface area contributed by atoms with Crippen molar-refractivity contribution in [3.63, 3.8) is 0 Å². The van der Waals surface area contributed by atoms with Gasteiger partial charge < -0.3 is 10.1 Å². The van der Waals surface area contributed by atoms with Crippen molar-refractivity contribution in [2.75, 3.05) is 19.0 Å². The summed E-state index contributed by atoms with van der Waals surface area (Å²) in [5.74, 6) is 0.226. The molecule has 0 unspecified atom stereocenters. The van der Waals surface area contributed by atoms with Crippen LogP contribution in [0.5, 0.6) is 0 Å². The van der Waals surface area contributed by atoms with E-state index in [4.69, 9.17) is 11.6 Å². The molecular formula is C11H12BrClN2O2. The molecule has 1 fully saturated rings. The van der Waals surface area contributed by atoms with Crippen LogP contribution in [0.25, 0.3) is 0 Å². The van der Waals surface area contributed by atoms with Gasteiger partial charge in [-0.1, -0.05) is 11.6 Å². The van der Waals surface area contributed by atoms with Crippen LogP contribution in [0.15, 0.2) is 10.5 Å². The van der Waals surface area contributed by atoms with Crippen molar-refractivity contribution in [1.29, 1.82) is 0 Å². The molecule has 92 valence electrons. The van der Waals surface area contributed by atoms with E-state index in [9.17, 15) is 4.79 Å². The summed E-state index contributed by atoms with van der Waals surface area (Å²) in [6.45, 7) is 0.888. The largest absolute Gasteiger partial charge is 0.464 e. The molecule has 1 heterocycles. The van der Waals surface area contributed by atoms with Gasteiger partial charge in [0.1, 0.15) is 5.15 Å². The quantitative estimate of drug-likeness (QED) is 0.684. The molecule has 4 nitrogen and oxygen atoms in total. The second kappa shape index (κ2) is 5.23. The zero-order valence-electron chi connectivity index (χ0n) is 9.30. The van der Waals surface area contributed by atoms with Gasteiger partial charge in [0.2, 0.25) is 0 Å². The molecule has 0 aromatic carbocycles. The van der Waals surface area contributed by atoms with Crippen LogP contribution in [0.2, 0.25) is 5.15 Å². The summed E-state index contributed by atoms with van der Waals surface area (Å²) in [5.41, 5.74) is 0.968. The lowest BCUT2D eigenvalue weighted by atomic mass is 10.3. The summed E-state index contributed by atoms with van der Waals surface area (Å²) in [4.78, 5) is 15.4. The highest BCUT2D eigenvalue weighted by atomic mass is 79.9. The molecule has 1 aliphatic rings. The minimum Gasteiger partial charge on any atom is -0.464 e. The average molecular weight is 320 g/mol. The lowest BCUT2D eigenvalue weighted by Crippen LogP contribution is -2.10. The van der Waals surface area contributed by atoms with Gasteiger partial charge in [-0.25, -0.2) is 9.78 Å². The first-order chi connectivity index (χ1) is 8.11. The first-order valence-corrected chi connectivity index (χ1v) is 6.47. The monoisotopic (exact) mass is 318 g/mol. The van der Waals surface area contributed by atoms with Crippen LogP contribution in [0, 0.1) is 5.92 Å². The minimum atomic E-state index is -0.506. The number of halogens is 2. The van der Waals surface area contributed by atoms with E-state index in [1.807, 2.05) is 0 Å². The maximum atomic E-state index is 11.5. The number of carbonyl (C=O) groups is 1. The van der Waals surface area contributed by atoms with E-state index in [0.717, 1.165) is 18.2 Å². The number of hydrogen-bond donors (Lipinski definition) is 1. The number of rotatable bonds is 4. The number of anilines is 1. The minimum absolute atomic E-state index is 0.193. The molecule has 17 heavy (non-hydrogen) atoms. The number of nitrogens with zero attached hydrogens (tertiary/aromatic N) is 1. The zero-order valence-corrected chi connectivity index (χ0v) is 11.6. The lowest BCUT2D eigenvalue weighted by Gasteiger charge is -2.10. The van der Waals surface area contributed by atoms with Crippen molar-refractivity contribution in [2.45, 2.75) is 12.8 Å². The number of nitrogens with one attached hydrogen (secondary N) is 1. The Bertz CT molecular complexity index is 449. The number of pyridine rings is 1. The first kappa shape index (κ1) is 12.6. The second-order valence-corrected chi connectivity index (χ2v) is 5.15. The van der Waals surface area contributed by atoms with Crippen LogP contribution in [-0.4, -0.2) is 24.6 Å². The third kappa shape index (κ3) is 3.10. The molecular weight excluding hydrogens is 307 g/mol. The number of methoxy groups -OCH3 is 1. The second-order valence-electron chi connectivity index (χ2n) is 3.97. The third-order valence-electron chi connectivity index (χ3n) is 2.58. The summed E-state index contributed by atoms with van der Waals surface area (Å²) in [6, 6.07) is 1.69. The third-order valence-corrected chi connectivity index (χ3v) is 3.58. The van der Waals surface area contributed by atoms with Crippen molar-refractivity contribution < 1.29 is 9.53 Å². The van der Waals surface area contributed by atoms with Crippen molar-refractivity contribution in [3.05, 3.63) is 21.4 Å². The Labute approximate surface area is 113 Å². The Kier molecular flexibility index (Phi) is 3.89. The molecule has 0 atom stereocenters. The standard InChI is InChI=1S/C11H12BrClN2O2/c1-17-11(16)10-9(12)7(4-8(13)15-10)14-5-6-2-3-6/h4,6H,2-3,5H2,1H3,(H,14,15). The molecule has 6 heteroatoms. The fourth-order valence-corrected chi connectivity index (χ4v) is 2.13. The normalized spacial score (nSPS) is 14.5. The van der Waals surface area contributed by atoms with Crippen molar-refractivity contribution in [2.24, 2.45) is 5.92 Å². The maximum absolute atomic E-state index is 11.5. The van der Waals surface area contributed by atoms with Gasteiger partial charge in [-0.3, -0.25) is 0 Å². The SMILES string of the molecule is COC(=O)c1nc(Cl)cc(NCC2CC2)c1Br. The van der Waals surface area contributed by atoms with Crippen molar-refractivity contribution in [3.8, 4) is 0 Å². The zero-order chi connectivity index (χ0) is 12.4. The van der Waals surface area contributed by atoms with Gasteiger partial charge in [-0.05, 0) is 40.8 Å². The first-order valence-electron chi connectivity index (χ1n) is 5.30. The number of esters is 1. The molecule has 0 amide bonds. The number of aromatic nitrogens is 1. The highest BCUT2D eigenvalue weighted by Crippen LogP contribution is 2.32. The molecule has 0 spiro atoms. The van der Waals surface area contributed by atoms with Gasteiger partial charge in [0, 0.05) is 6.54 Å². The van der Waals surface area contributed by atoms with Gasteiger partial charge in [-0.15, -0.1) is 0 Å². The number of ether oxygens (including phenoxy) is 1. The van der Waals surface area contributed by atoms with Crippen molar-refractivity contribution >= 4 is 39.2 Å². The molecule has 1 aromatic rings. The van der Waals surface area contributed by atoms with Crippen LogP contribution in [0.4, 0.5) is 5.69 Å². The highest BCUT2D eigenvalue weighted by molar-refractivity contribution is 9.10. The van der Waals surface area contributed by atoms with Crippen LogP contribution in [0.1, 0.15) is 23.3 Å². The molecule has 1 N–H and O–H groups in total. The molecule has 1 aliphatic carbocycles. The van der Waals surface area contributed by atoms with E-state index < -0.39 is 5.97 Å². The summed E-state index contributed by atoms with van der Waals surface area (Å²) >= 11 is 9.22. The maximum Gasteiger partial charge on any atom is 0.357 e. The van der Waals surface area contributed by atoms with Crippen LogP contribution in [0.3, 0.4) is 0 Å². The van der Waals surface area contributed by atoms with Gasteiger partial charge >= 0.3 is 5.97 Å².